The van der Waals surface area contributed by atoms with Gasteiger partial charge in [-0.05, 0) is 68.0 Å². The number of thioether (sulfide) groups is 1. The van der Waals surface area contributed by atoms with Crippen LogP contribution >= 0.6 is 23.1 Å². The van der Waals surface area contributed by atoms with Gasteiger partial charge >= 0.3 is 0 Å². The van der Waals surface area contributed by atoms with E-state index in [0.717, 1.165) is 23.6 Å². The van der Waals surface area contributed by atoms with Crippen molar-refractivity contribution in [3.05, 3.63) is 51.6 Å². The summed E-state index contributed by atoms with van der Waals surface area (Å²) in [6.45, 7) is 3.89. The molecule has 30 heavy (non-hydrogen) atoms. The zero-order valence-electron chi connectivity index (χ0n) is 17.1. The number of hydrogen-bond acceptors (Lipinski definition) is 5. The lowest BCUT2D eigenvalue weighted by Gasteiger charge is -2.24. The lowest BCUT2D eigenvalue weighted by Crippen LogP contribution is -2.42. The Labute approximate surface area is 183 Å². The molecule has 0 spiro atoms. The number of hydrogen-bond donors (Lipinski definition) is 1. The van der Waals surface area contributed by atoms with Gasteiger partial charge in [0, 0.05) is 6.04 Å². The number of para-hydroxylation sites is 1. The molecule has 0 aliphatic heterocycles. The summed E-state index contributed by atoms with van der Waals surface area (Å²) >= 11 is 2.82. The molecule has 2 heterocycles. The van der Waals surface area contributed by atoms with Crippen molar-refractivity contribution in [2.24, 2.45) is 11.8 Å². The molecule has 4 unspecified atom stereocenters. The summed E-state index contributed by atoms with van der Waals surface area (Å²) in [4.78, 5) is 31.7. The lowest BCUT2D eigenvalue weighted by atomic mass is 9.95. The summed E-state index contributed by atoms with van der Waals surface area (Å²) in [6.07, 6.45) is 4.92. The Morgan fingerprint density at radius 2 is 2.10 bits per heavy atom. The highest BCUT2D eigenvalue weighted by Crippen LogP contribution is 2.44. The average molecular weight is 440 g/mol. The highest BCUT2D eigenvalue weighted by Gasteiger charge is 2.40. The minimum absolute atomic E-state index is 0.0365. The van der Waals surface area contributed by atoms with E-state index in [0.29, 0.717) is 27.3 Å². The monoisotopic (exact) mass is 439 g/mol. The van der Waals surface area contributed by atoms with Crippen molar-refractivity contribution in [2.75, 3.05) is 0 Å². The second-order valence-electron chi connectivity index (χ2n) is 8.51. The number of thiophene rings is 1. The zero-order chi connectivity index (χ0) is 20.8. The van der Waals surface area contributed by atoms with E-state index in [2.05, 4.69) is 5.32 Å². The van der Waals surface area contributed by atoms with Crippen LogP contribution in [0.3, 0.4) is 0 Å². The Bertz CT molecular complexity index is 1170. The smallest absolute Gasteiger partial charge is 0.267 e. The maximum absolute atomic E-state index is 13.3. The summed E-state index contributed by atoms with van der Waals surface area (Å²) in [5.74, 6) is 1.47. The summed E-state index contributed by atoms with van der Waals surface area (Å²) in [5, 5.41) is 6.02. The second-order valence-corrected chi connectivity index (χ2v) is 10.7. The summed E-state index contributed by atoms with van der Waals surface area (Å²) < 4.78 is 1.66. The molecule has 7 heteroatoms. The number of benzene rings is 1. The van der Waals surface area contributed by atoms with Gasteiger partial charge in [0.25, 0.3) is 5.56 Å². The number of amides is 1. The molecule has 4 atom stereocenters. The predicted molar refractivity (Wildman–Crippen MR) is 123 cm³/mol. The van der Waals surface area contributed by atoms with E-state index in [1.54, 1.807) is 4.57 Å². The van der Waals surface area contributed by atoms with Crippen molar-refractivity contribution in [3.8, 4) is 5.69 Å². The molecule has 156 valence electrons. The summed E-state index contributed by atoms with van der Waals surface area (Å²) in [5.41, 5.74) is 1.72. The summed E-state index contributed by atoms with van der Waals surface area (Å²) in [6, 6.07) is 9.93. The molecule has 0 radical (unpaired) electrons. The van der Waals surface area contributed by atoms with Gasteiger partial charge in [-0.3, -0.25) is 14.2 Å². The van der Waals surface area contributed by atoms with Crippen LogP contribution in [0.1, 0.15) is 38.2 Å². The van der Waals surface area contributed by atoms with Crippen LogP contribution in [0.2, 0.25) is 0 Å². The van der Waals surface area contributed by atoms with Crippen LogP contribution in [-0.4, -0.2) is 26.8 Å². The van der Waals surface area contributed by atoms with Crippen LogP contribution < -0.4 is 10.9 Å². The van der Waals surface area contributed by atoms with Crippen molar-refractivity contribution >= 4 is 39.2 Å². The number of nitrogens with one attached hydrogen (secondary N) is 1. The maximum atomic E-state index is 13.3. The maximum Gasteiger partial charge on any atom is 0.267 e. The third kappa shape index (κ3) is 3.48. The molecule has 5 nitrogen and oxygen atoms in total. The van der Waals surface area contributed by atoms with Crippen molar-refractivity contribution in [1.82, 2.24) is 14.9 Å². The molecule has 1 amide bonds. The topological polar surface area (TPSA) is 64.0 Å². The molecule has 1 aromatic carbocycles. The third-order valence-corrected chi connectivity index (χ3v) is 8.40. The van der Waals surface area contributed by atoms with Gasteiger partial charge in [0.05, 0.1) is 16.3 Å². The Kier molecular flexibility index (Phi) is 5.19. The SMILES string of the molecule is Cc1ccccc1-n1c(SC(C)C(=O)NC2CC3CCC2C3)nc2sccc2c1=O. The highest BCUT2D eigenvalue weighted by molar-refractivity contribution is 8.00. The fraction of sp³-hybridized carbons (Fsp3) is 0.435. The van der Waals surface area contributed by atoms with Crippen molar-refractivity contribution < 1.29 is 4.79 Å². The molecule has 0 saturated heterocycles. The van der Waals surface area contributed by atoms with Gasteiger partial charge in [-0.25, -0.2) is 4.98 Å². The first kappa shape index (κ1) is 19.8. The van der Waals surface area contributed by atoms with Gasteiger partial charge in [0.15, 0.2) is 5.16 Å². The first-order valence-corrected chi connectivity index (χ1v) is 12.3. The normalized spacial score (nSPS) is 23.7. The Hall–Kier alpha value is -2.12. The molecule has 2 aliphatic rings. The minimum atomic E-state index is -0.330. The van der Waals surface area contributed by atoms with E-state index >= 15 is 0 Å². The van der Waals surface area contributed by atoms with Crippen LogP contribution in [0.4, 0.5) is 0 Å². The number of nitrogens with zero attached hydrogens (tertiary/aromatic N) is 2. The van der Waals surface area contributed by atoms with Gasteiger partial charge in [-0.15, -0.1) is 11.3 Å². The van der Waals surface area contributed by atoms with Gasteiger partial charge < -0.3 is 5.32 Å². The van der Waals surface area contributed by atoms with Crippen molar-refractivity contribution in [2.45, 2.75) is 56.0 Å². The minimum Gasteiger partial charge on any atom is -0.352 e. The quantitative estimate of drug-likeness (QED) is 0.468. The Balaban J connectivity index is 1.46. The molecule has 2 fully saturated rings. The first-order chi connectivity index (χ1) is 14.5. The van der Waals surface area contributed by atoms with Gasteiger partial charge in [-0.1, -0.05) is 36.4 Å². The standard InChI is InChI=1S/C23H25N3O2S2/c1-13-5-3-4-6-19(13)26-22(28)17-9-10-29-21(17)25-23(26)30-14(2)20(27)24-18-12-15-7-8-16(18)11-15/h3-6,9-10,14-16,18H,7-8,11-12H2,1-2H3,(H,24,27). The van der Waals surface area contributed by atoms with E-state index in [1.165, 1.54) is 42.4 Å². The van der Waals surface area contributed by atoms with Gasteiger partial charge in [0.2, 0.25) is 5.91 Å². The van der Waals surface area contributed by atoms with Gasteiger partial charge in [-0.2, -0.15) is 0 Å². The number of aromatic nitrogens is 2. The zero-order valence-corrected chi connectivity index (χ0v) is 18.8. The van der Waals surface area contributed by atoms with E-state index in [1.807, 2.05) is 49.6 Å². The molecule has 3 aromatic rings. The van der Waals surface area contributed by atoms with Gasteiger partial charge in [0.1, 0.15) is 4.83 Å². The van der Waals surface area contributed by atoms with E-state index in [4.69, 9.17) is 4.98 Å². The fourth-order valence-corrected chi connectivity index (χ4v) is 6.67. The molecule has 2 aromatic heterocycles. The van der Waals surface area contributed by atoms with Crippen LogP contribution in [-0.2, 0) is 4.79 Å². The Morgan fingerprint density at radius 3 is 2.83 bits per heavy atom. The molecule has 2 saturated carbocycles. The fourth-order valence-electron chi connectivity index (χ4n) is 4.93. The number of carbonyl (C=O) groups excluding carboxylic acids is 1. The largest absolute Gasteiger partial charge is 0.352 e. The second kappa shape index (κ2) is 7.85. The summed E-state index contributed by atoms with van der Waals surface area (Å²) in [7, 11) is 0. The molecule has 2 bridgehead atoms. The van der Waals surface area contributed by atoms with Crippen molar-refractivity contribution in [1.29, 1.82) is 0 Å². The number of carbonyl (C=O) groups is 1. The van der Waals surface area contributed by atoms with Crippen LogP contribution in [0.25, 0.3) is 15.9 Å². The van der Waals surface area contributed by atoms with E-state index < -0.39 is 0 Å². The predicted octanol–water partition coefficient (Wildman–Crippen LogP) is 4.54. The first-order valence-electron chi connectivity index (χ1n) is 10.5. The van der Waals surface area contributed by atoms with Crippen molar-refractivity contribution in [3.63, 3.8) is 0 Å². The lowest BCUT2D eigenvalue weighted by molar-refractivity contribution is -0.121. The molecule has 2 aliphatic carbocycles. The molecule has 5 rings (SSSR count). The molecular formula is C23H25N3O2S2. The highest BCUT2D eigenvalue weighted by atomic mass is 32.2. The Morgan fingerprint density at radius 1 is 1.27 bits per heavy atom. The van der Waals surface area contributed by atoms with E-state index in [-0.39, 0.29) is 16.7 Å². The number of rotatable bonds is 5. The number of aryl methyl sites for hydroxylation is 1. The van der Waals surface area contributed by atoms with Crippen LogP contribution in [0.15, 0.2) is 45.7 Å². The number of fused-ring (bicyclic) bond motifs is 3. The molecule has 1 N–H and O–H groups in total. The van der Waals surface area contributed by atoms with Crippen LogP contribution in [0, 0.1) is 18.8 Å². The average Bonchev–Trinajstić information content (AvgIpc) is 3.46. The molecular weight excluding hydrogens is 414 g/mol. The van der Waals surface area contributed by atoms with E-state index in [9.17, 15) is 9.59 Å². The third-order valence-electron chi connectivity index (χ3n) is 6.54. The van der Waals surface area contributed by atoms with Crippen LogP contribution in [0.5, 0.6) is 0 Å².